The van der Waals surface area contributed by atoms with Gasteiger partial charge in [0.1, 0.15) is 0 Å². The second kappa shape index (κ2) is 10.8. The molecule has 0 N–H and O–H groups in total. The lowest BCUT2D eigenvalue weighted by Gasteiger charge is -2.43. The maximum atomic E-state index is 14.2. The van der Waals surface area contributed by atoms with E-state index in [0.717, 1.165) is 42.9 Å². The van der Waals surface area contributed by atoms with Crippen molar-refractivity contribution < 1.29 is 22.3 Å². The molecule has 180 valence electrons. The number of rotatable bonds is 7. The molecule has 0 heterocycles. The van der Waals surface area contributed by atoms with E-state index in [0.29, 0.717) is 11.5 Å². The number of hydrogen-bond acceptors (Lipinski definition) is 1. The molecular formula is C27H38F4O. The van der Waals surface area contributed by atoms with E-state index in [-0.39, 0.29) is 5.92 Å². The molecule has 0 radical (unpaired) electrons. The minimum atomic E-state index is -3.23. The van der Waals surface area contributed by atoms with Gasteiger partial charge < -0.3 is 4.74 Å². The molecule has 1 aromatic carbocycles. The number of hydrogen-bond donors (Lipinski definition) is 0. The summed E-state index contributed by atoms with van der Waals surface area (Å²) in [5.41, 5.74) is 0.588. The summed E-state index contributed by atoms with van der Waals surface area (Å²) in [4.78, 5) is 0. The van der Waals surface area contributed by atoms with E-state index in [4.69, 9.17) is 0 Å². The quantitative estimate of drug-likeness (QED) is 0.374. The highest BCUT2D eigenvalue weighted by Gasteiger charge is 2.36. The summed E-state index contributed by atoms with van der Waals surface area (Å²) < 4.78 is 57.2. The maximum absolute atomic E-state index is 14.2. The second-order valence-electron chi connectivity index (χ2n) is 10.8. The Balaban J connectivity index is 1.27. The zero-order valence-electron chi connectivity index (χ0n) is 19.3. The Morgan fingerprint density at radius 3 is 2.00 bits per heavy atom. The van der Waals surface area contributed by atoms with Gasteiger partial charge in [0.2, 0.25) is 0 Å². The van der Waals surface area contributed by atoms with Crippen LogP contribution in [-0.4, -0.2) is 6.61 Å². The Morgan fingerprint density at radius 1 is 0.781 bits per heavy atom. The van der Waals surface area contributed by atoms with Crippen LogP contribution in [0.3, 0.4) is 0 Å². The zero-order valence-corrected chi connectivity index (χ0v) is 19.3. The van der Waals surface area contributed by atoms with Gasteiger partial charge in [0, 0.05) is 0 Å². The molecule has 1 nitrogen and oxygen atoms in total. The fourth-order valence-corrected chi connectivity index (χ4v) is 6.97. The van der Waals surface area contributed by atoms with Crippen LogP contribution in [0.15, 0.2) is 12.1 Å². The molecule has 4 atom stereocenters. The molecule has 0 aliphatic heterocycles. The fraction of sp³-hybridized carbons (Fsp3) is 0.778. The molecule has 32 heavy (non-hydrogen) atoms. The number of fused-ring (bicyclic) bond motifs is 1. The van der Waals surface area contributed by atoms with Crippen LogP contribution >= 0.6 is 0 Å². The van der Waals surface area contributed by atoms with E-state index in [2.05, 4.69) is 11.7 Å². The summed E-state index contributed by atoms with van der Waals surface area (Å²) in [7, 11) is 0. The van der Waals surface area contributed by atoms with Crippen LogP contribution < -0.4 is 4.74 Å². The Labute approximate surface area is 190 Å². The maximum Gasteiger partial charge on any atom is 0.387 e. The first-order valence-corrected chi connectivity index (χ1v) is 12.9. The van der Waals surface area contributed by atoms with Crippen molar-refractivity contribution in [1.29, 1.82) is 0 Å². The van der Waals surface area contributed by atoms with E-state index in [1.165, 1.54) is 76.3 Å². The molecule has 5 heteroatoms. The van der Waals surface area contributed by atoms with Gasteiger partial charge in [-0.25, -0.2) is 8.78 Å². The standard InChI is InChI=1S/C27H38F4O/c1-2-17-3-5-18(6-4-17)7-8-19-9-10-21-14-22(12-11-20(21)13-19)23-15-24(28)26(25(29)16-23)32-27(30)31/h15-22,27H,2-14H2,1H3. The first kappa shape index (κ1) is 23.9. The van der Waals surface area contributed by atoms with Crippen molar-refractivity contribution in [3.05, 3.63) is 29.3 Å². The van der Waals surface area contributed by atoms with E-state index >= 15 is 0 Å². The van der Waals surface area contributed by atoms with Crippen LogP contribution in [0.5, 0.6) is 5.75 Å². The smallest absolute Gasteiger partial charge is 0.387 e. The molecule has 0 spiro atoms. The van der Waals surface area contributed by atoms with Crippen molar-refractivity contribution in [1.82, 2.24) is 0 Å². The SMILES string of the molecule is CCC1CCC(CCC2CCC3CC(c4cc(F)c(OC(F)F)c(F)c4)CCC3C2)CC1. The minimum Gasteiger partial charge on any atom is -0.429 e. The van der Waals surface area contributed by atoms with Crippen molar-refractivity contribution >= 4 is 0 Å². The molecule has 0 bridgehead atoms. The highest BCUT2D eigenvalue weighted by atomic mass is 19.3. The van der Waals surface area contributed by atoms with Crippen molar-refractivity contribution in [2.24, 2.45) is 29.6 Å². The van der Waals surface area contributed by atoms with E-state index in [9.17, 15) is 17.6 Å². The van der Waals surface area contributed by atoms with Gasteiger partial charge in [-0.15, -0.1) is 0 Å². The highest BCUT2D eigenvalue weighted by molar-refractivity contribution is 5.33. The number of benzene rings is 1. The predicted molar refractivity (Wildman–Crippen MR) is 119 cm³/mol. The molecule has 4 unspecified atom stereocenters. The molecule has 3 aliphatic rings. The number of halogens is 4. The second-order valence-corrected chi connectivity index (χ2v) is 10.8. The van der Waals surface area contributed by atoms with E-state index in [1.807, 2.05) is 0 Å². The molecule has 1 aromatic rings. The van der Waals surface area contributed by atoms with Crippen LogP contribution in [0.25, 0.3) is 0 Å². The summed E-state index contributed by atoms with van der Waals surface area (Å²) >= 11 is 0. The fourth-order valence-electron chi connectivity index (χ4n) is 6.97. The van der Waals surface area contributed by atoms with E-state index < -0.39 is 24.0 Å². The van der Waals surface area contributed by atoms with Gasteiger partial charge >= 0.3 is 6.61 Å². The molecule has 3 fully saturated rings. The summed E-state index contributed by atoms with van der Waals surface area (Å²) in [5.74, 6) is 1.17. The monoisotopic (exact) mass is 454 g/mol. The number of ether oxygens (including phenoxy) is 1. The molecule has 3 saturated carbocycles. The summed E-state index contributed by atoms with van der Waals surface area (Å²) in [5, 5.41) is 0. The average Bonchev–Trinajstić information content (AvgIpc) is 2.79. The molecule has 4 rings (SSSR count). The van der Waals surface area contributed by atoms with Crippen molar-refractivity contribution in [2.75, 3.05) is 0 Å². The van der Waals surface area contributed by atoms with Crippen molar-refractivity contribution in [2.45, 2.75) is 103 Å². The van der Waals surface area contributed by atoms with Crippen LogP contribution in [0.2, 0.25) is 0 Å². The predicted octanol–water partition coefficient (Wildman–Crippen LogP) is 8.86. The average molecular weight is 455 g/mol. The Morgan fingerprint density at radius 2 is 1.34 bits per heavy atom. The minimum absolute atomic E-state index is 0.103. The molecule has 0 aromatic heterocycles. The van der Waals surface area contributed by atoms with Crippen molar-refractivity contribution in [3.63, 3.8) is 0 Å². The number of alkyl halides is 2. The Hall–Kier alpha value is -1.26. The lowest BCUT2D eigenvalue weighted by atomic mass is 9.63. The van der Waals surface area contributed by atoms with Gasteiger partial charge in [-0.3, -0.25) is 0 Å². The first-order chi connectivity index (χ1) is 15.4. The van der Waals surface area contributed by atoms with Crippen LogP contribution in [0.4, 0.5) is 17.6 Å². The third-order valence-corrected chi connectivity index (χ3v) is 8.95. The van der Waals surface area contributed by atoms with Crippen LogP contribution in [0, 0.1) is 41.2 Å². The van der Waals surface area contributed by atoms with Gasteiger partial charge in [-0.05, 0) is 85.3 Å². The van der Waals surface area contributed by atoms with E-state index in [1.54, 1.807) is 0 Å². The van der Waals surface area contributed by atoms with Crippen LogP contribution in [0.1, 0.15) is 102 Å². The lowest BCUT2D eigenvalue weighted by molar-refractivity contribution is -0.0546. The molecule has 0 saturated heterocycles. The Kier molecular flexibility index (Phi) is 8.04. The topological polar surface area (TPSA) is 9.23 Å². The molecule has 3 aliphatic carbocycles. The third-order valence-electron chi connectivity index (χ3n) is 8.95. The van der Waals surface area contributed by atoms with Crippen molar-refractivity contribution in [3.8, 4) is 5.75 Å². The van der Waals surface area contributed by atoms with Gasteiger partial charge in [-0.2, -0.15) is 8.78 Å². The summed E-state index contributed by atoms with van der Waals surface area (Å²) in [6, 6.07) is 2.40. The molecule has 0 amide bonds. The van der Waals surface area contributed by atoms with Crippen LogP contribution in [-0.2, 0) is 0 Å². The van der Waals surface area contributed by atoms with Gasteiger partial charge in [0.25, 0.3) is 0 Å². The normalized spacial score (nSPS) is 33.2. The Bertz CT molecular complexity index is 720. The lowest BCUT2D eigenvalue weighted by Crippen LogP contribution is -2.30. The first-order valence-electron chi connectivity index (χ1n) is 12.9. The zero-order chi connectivity index (χ0) is 22.7. The van der Waals surface area contributed by atoms with Gasteiger partial charge in [-0.1, -0.05) is 58.3 Å². The summed E-state index contributed by atoms with van der Waals surface area (Å²) in [6.45, 7) is -0.913. The molecular weight excluding hydrogens is 416 g/mol. The van der Waals surface area contributed by atoms with Gasteiger partial charge in [0.15, 0.2) is 17.4 Å². The van der Waals surface area contributed by atoms with Gasteiger partial charge in [0.05, 0.1) is 0 Å². The third kappa shape index (κ3) is 5.80. The highest BCUT2D eigenvalue weighted by Crippen LogP contribution is 2.49. The summed E-state index contributed by atoms with van der Waals surface area (Å²) in [6.07, 6.45) is 16.6. The largest absolute Gasteiger partial charge is 0.429 e.